The van der Waals surface area contributed by atoms with Crippen molar-refractivity contribution in [1.29, 1.82) is 0 Å². The van der Waals surface area contributed by atoms with E-state index < -0.39 is 0 Å². The van der Waals surface area contributed by atoms with Crippen LogP contribution in [0.3, 0.4) is 0 Å². The highest BCUT2D eigenvalue weighted by atomic mass is 16.1. The number of aromatic nitrogens is 5. The third kappa shape index (κ3) is 3.64. The minimum absolute atomic E-state index is 0.180. The molecule has 7 nitrogen and oxygen atoms in total. The summed E-state index contributed by atoms with van der Waals surface area (Å²) < 4.78 is 3.59. The third-order valence-electron chi connectivity index (χ3n) is 4.77. The number of nitrogens with zero attached hydrogens (tertiary/aromatic N) is 5. The van der Waals surface area contributed by atoms with Crippen molar-refractivity contribution in [2.75, 3.05) is 6.54 Å². The largest absolute Gasteiger partial charge is 0.350 e. The number of fused-ring (bicyclic) bond motifs is 1. The Morgan fingerprint density at radius 1 is 1.11 bits per heavy atom. The second-order valence-corrected chi connectivity index (χ2v) is 6.81. The molecule has 0 aliphatic heterocycles. The lowest BCUT2D eigenvalue weighted by atomic mass is 10.1. The van der Waals surface area contributed by atoms with E-state index in [0.717, 1.165) is 22.3 Å². The maximum atomic E-state index is 12.8. The van der Waals surface area contributed by atoms with E-state index in [1.165, 1.54) is 11.9 Å². The zero-order valence-electron chi connectivity index (χ0n) is 16.0. The summed E-state index contributed by atoms with van der Waals surface area (Å²) in [7, 11) is 1.84. The van der Waals surface area contributed by atoms with E-state index in [-0.39, 0.29) is 5.91 Å². The summed E-state index contributed by atoms with van der Waals surface area (Å²) in [6, 6.07) is 16.2. The number of rotatable bonds is 6. The number of amides is 1. The maximum Gasteiger partial charge on any atom is 0.272 e. The fourth-order valence-electron chi connectivity index (χ4n) is 3.20. The Kier molecular flexibility index (Phi) is 4.89. The van der Waals surface area contributed by atoms with Crippen LogP contribution in [0.1, 0.15) is 27.4 Å². The first-order chi connectivity index (χ1) is 13.6. The average molecular weight is 374 g/mol. The molecule has 0 spiro atoms. The third-order valence-corrected chi connectivity index (χ3v) is 4.77. The van der Waals surface area contributed by atoms with E-state index in [1.807, 2.05) is 36.0 Å². The Morgan fingerprint density at radius 3 is 2.64 bits per heavy atom. The molecular formula is C21H22N6O. The number of carbonyl (C=O) groups excluding carboxylic acids is 1. The van der Waals surface area contributed by atoms with Gasteiger partial charge in [-0.1, -0.05) is 48.0 Å². The minimum Gasteiger partial charge on any atom is -0.350 e. The number of benzene rings is 2. The summed E-state index contributed by atoms with van der Waals surface area (Å²) in [6.45, 7) is 3.16. The second-order valence-electron chi connectivity index (χ2n) is 6.81. The van der Waals surface area contributed by atoms with Crippen molar-refractivity contribution < 1.29 is 4.79 Å². The Hall–Kier alpha value is -3.48. The first-order valence-electron chi connectivity index (χ1n) is 9.24. The van der Waals surface area contributed by atoms with Crippen LogP contribution in [0, 0.1) is 6.92 Å². The monoisotopic (exact) mass is 374 g/mol. The fraction of sp³-hybridized carbons (Fsp3) is 0.238. The van der Waals surface area contributed by atoms with Crippen molar-refractivity contribution in [3.05, 3.63) is 77.5 Å². The first-order valence-corrected chi connectivity index (χ1v) is 9.24. The van der Waals surface area contributed by atoms with Crippen LogP contribution < -0.4 is 5.32 Å². The van der Waals surface area contributed by atoms with Gasteiger partial charge >= 0.3 is 0 Å². The SMILES string of the molecule is Cc1ccc(Cn2nc(C(=O)NCCc3ncnn3C)c3ccccc32)cc1. The molecule has 1 amide bonds. The molecule has 0 saturated carbocycles. The van der Waals surface area contributed by atoms with E-state index in [4.69, 9.17) is 0 Å². The van der Waals surface area contributed by atoms with E-state index in [9.17, 15) is 4.79 Å². The number of hydrogen-bond donors (Lipinski definition) is 1. The molecule has 4 aromatic rings. The summed E-state index contributed by atoms with van der Waals surface area (Å²) in [6.07, 6.45) is 2.13. The molecule has 0 saturated heterocycles. The lowest BCUT2D eigenvalue weighted by molar-refractivity contribution is 0.0949. The minimum atomic E-state index is -0.180. The number of carbonyl (C=O) groups is 1. The summed E-state index contributed by atoms with van der Waals surface area (Å²) in [5, 5.41) is 12.4. The Morgan fingerprint density at radius 2 is 1.89 bits per heavy atom. The second kappa shape index (κ2) is 7.64. The fourth-order valence-corrected chi connectivity index (χ4v) is 3.20. The van der Waals surface area contributed by atoms with E-state index in [0.29, 0.717) is 25.2 Å². The Bertz CT molecular complexity index is 1110. The van der Waals surface area contributed by atoms with Crippen molar-refractivity contribution in [2.45, 2.75) is 19.9 Å². The van der Waals surface area contributed by atoms with Gasteiger partial charge in [-0.3, -0.25) is 14.2 Å². The molecule has 28 heavy (non-hydrogen) atoms. The topological polar surface area (TPSA) is 77.6 Å². The summed E-state index contributed by atoms with van der Waals surface area (Å²) in [4.78, 5) is 16.9. The van der Waals surface area contributed by atoms with Gasteiger partial charge in [0.25, 0.3) is 5.91 Å². The molecule has 0 atom stereocenters. The van der Waals surface area contributed by atoms with Crippen molar-refractivity contribution >= 4 is 16.8 Å². The standard InChI is InChI=1S/C21H22N6O/c1-15-7-9-16(10-8-15)13-27-18-6-4-3-5-17(18)20(25-27)21(28)22-12-11-19-23-14-24-26(19)2/h3-10,14H,11-13H2,1-2H3,(H,22,28). The Labute approximate surface area is 163 Å². The molecular weight excluding hydrogens is 352 g/mol. The van der Waals surface area contributed by atoms with Gasteiger partial charge in [0.1, 0.15) is 12.2 Å². The molecule has 0 bridgehead atoms. The molecule has 2 aromatic heterocycles. The molecule has 142 valence electrons. The quantitative estimate of drug-likeness (QED) is 0.562. The van der Waals surface area contributed by atoms with Gasteiger partial charge in [0.2, 0.25) is 0 Å². The molecule has 0 radical (unpaired) electrons. The lowest BCUT2D eigenvalue weighted by Crippen LogP contribution is -2.27. The molecule has 4 rings (SSSR count). The highest BCUT2D eigenvalue weighted by molar-refractivity contribution is 6.04. The molecule has 0 fully saturated rings. The van der Waals surface area contributed by atoms with Crippen molar-refractivity contribution in [1.82, 2.24) is 29.9 Å². The van der Waals surface area contributed by atoms with Crippen LogP contribution in [0.25, 0.3) is 10.9 Å². The Balaban J connectivity index is 1.54. The number of nitrogens with one attached hydrogen (secondary N) is 1. The van der Waals surface area contributed by atoms with Gasteiger partial charge in [-0.2, -0.15) is 10.2 Å². The molecule has 0 aliphatic carbocycles. The van der Waals surface area contributed by atoms with Gasteiger partial charge in [0.05, 0.1) is 12.1 Å². The molecule has 1 N–H and O–H groups in total. The molecule has 0 unspecified atom stereocenters. The van der Waals surface area contributed by atoms with Gasteiger partial charge in [-0.25, -0.2) is 4.98 Å². The van der Waals surface area contributed by atoms with Gasteiger partial charge in [-0.05, 0) is 18.6 Å². The molecule has 0 aliphatic rings. The normalized spacial score (nSPS) is 11.1. The number of aryl methyl sites for hydroxylation is 2. The van der Waals surface area contributed by atoms with Crippen LogP contribution in [0.5, 0.6) is 0 Å². The van der Waals surface area contributed by atoms with Gasteiger partial charge < -0.3 is 5.32 Å². The van der Waals surface area contributed by atoms with Crippen LogP contribution >= 0.6 is 0 Å². The molecule has 7 heteroatoms. The predicted octanol–water partition coefficient (Wildman–Crippen LogP) is 2.49. The molecule has 2 heterocycles. The van der Waals surface area contributed by atoms with Crippen LogP contribution in [-0.2, 0) is 20.0 Å². The van der Waals surface area contributed by atoms with Crippen molar-refractivity contribution in [3.8, 4) is 0 Å². The van der Waals surface area contributed by atoms with Crippen LogP contribution in [0.4, 0.5) is 0 Å². The average Bonchev–Trinajstić information content (AvgIpc) is 3.28. The smallest absolute Gasteiger partial charge is 0.272 e. The summed E-state index contributed by atoms with van der Waals surface area (Å²) >= 11 is 0. The van der Waals surface area contributed by atoms with E-state index in [1.54, 1.807) is 4.68 Å². The van der Waals surface area contributed by atoms with Crippen LogP contribution in [-0.4, -0.2) is 37.0 Å². The number of hydrogen-bond acceptors (Lipinski definition) is 4. The highest BCUT2D eigenvalue weighted by Gasteiger charge is 2.17. The molecule has 2 aromatic carbocycles. The first kappa shape index (κ1) is 17.9. The van der Waals surface area contributed by atoms with Gasteiger partial charge in [0.15, 0.2) is 5.69 Å². The predicted molar refractivity (Wildman–Crippen MR) is 107 cm³/mol. The van der Waals surface area contributed by atoms with E-state index in [2.05, 4.69) is 51.7 Å². The van der Waals surface area contributed by atoms with Gasteiger partial charge in [-0.15, -0.1) is 0 Å². The zero-order valence-corrected chi connectivity index (χ0v) is 16.0. The van der Waals surface area contributed by atoms with E-state index >= 15 is 0 Å². The maximum absolute atomic E-state index is 12.8. The lowest BCUT2D eigenvalue weighted by Gasteiger charge is -2.04. The van der Waals surface area contributed by atoms with Crippen molar-refractivity contribution in [2.24, 2.45) is 7.05 Å². The zero-order chi connectivity index (χ0) is 19.5. The van der Waals surface area contributed by atoms with Crippen LogP contribution in [0.2, 0.25) is 0 Å². The van der Waals surface area contributed by atoms with Crippen molar-refractivity contribution in [3.63, 3.8) is 0 Å². The highest BCUT2D eigenvalue weighted by Crippen LogP contribution is 2.20. The summed E-state index contributed by atoms with van der Waals surface area (Å²) in [5.41, 5.74) is 3.76. The summed E-state index contributed by atoms with van der Waals surface area (Å²) in [5.74, 6) is 0.649. The van der Waals surface area contributed by atoms with Gasteiger partial charge in [0, 0.05) is 25.4 Å². The van der Waals surface area contributed by atoms with Crippen LogP contribution in [0.15, 0.2) is 54.9 Å². The number of para-hydroxylation sites is 1.